The Balaban J connectivity index is 1.31. The van der Waals surface area contributed by atoms with Gasteiger partial charge in [0, 0.05) is 52.2 Å². The average molecular weight is 769 g/mol. The molecule has 0 saturated carbocycles. The summed E-state index contributed by atoms with van der Waals surface area (Å²) in [5.41, 5.74) is 17.1. The summed E-state index contributed by atoms with van der Waals surface area (Å²) in [4.78, 5) is 17.2. The molecule has 0 spiro atoms. The van der Waals surface area contributed by atoms with Gasteiger partial charge in [0.15, 0.2) is 0 Å². The predicted molar refractivity (Wildman–Crippen MR) is 240 cm³/mol. The van der Waals surface area contributed by atoms with Gasteiger partial charge in [-0.05, 0) is 159 Å². The molecule has 0 N–H and O–H groups in total. The number of hydrogen-bond acceptors (Lipinski definition) is 6. The fraction of sp³-hybridized carbons (Fsp3) is 0.113. The highest BCUT2D eigenvalue weighted by Gasteiger charge is 2.23. The van der Waals surface area contributed by atoms with E-state index in [9.17, 15) is 0 Å². The van der Waals surface area contributed by atoms with E-state index in [2.05, 4.69) is 136 Å². The third-order valence-corrected chi connectivity index (χ3v) is 10.9. The van der Waals surface area contributed by atoms with E-state index < -0.39 is 0 Å². The molecule has 6 heteroatoms. The fourth-order valence-electron chi connectivity index (χ4n) is 7.89. The molecule has 9 aromatic rings. The molecule has 288 valence electrons. The van der Waals surface area contributed by atoms with Crippen LogP contribution in [0.15, 0.2) is 167 Å². The van der Waals surface area contributed by atoms with E-state index >= 15 is 0 Å². The second-order valence-corrected chi connectivity index (χ2v) is 15.3. The zero-order valence-electron chi connectivity index (χ0n) is 34.1. The summed E-state index contributed by atoms with van der Waals surface area (Å²) in [5, 5.41) is 0. The van der Waals surface area contributed by atoms with Crippen LogP contribution in [0.5, 0.6) is 0 Å². The van der Waals surface area contributed by atoms with Crippen molar-refractivity contribution >= 4 is 17.1 Å². The van der Waals surface area contributed by atoms with E-state index in [1.54, 1.807) is 0 Å². The minimum absolute atomic E-state index is 0.776. The summed E-state index contributed by atoms with van der Waals surface area (Å²) >= 11 is 0. The molecular weight excluding hydrogens is 725 g/mol. The van der Waals surface area contributed by atoms with E-state index in [4.69, 9.17) is 23.8 Å². The van der Waals surface area contributed by atoms with Crippen molar-refractivity contribution in [2.45, 2.75) is 41.5 Å². The van der Waals surface area contributed by atoms with E-state index in [-0.39, 0.29) is 0 Å². The molecule has 0 aliphatic heterocycles. The Morgan fingerprint density at radius 1 is 0.407 bits per heavy atom. The van der Waals surface area contributed by atoms with Crippen LogP contribution in [0.25, 0.3) is 67.4 Å². The maximum absolute atomic E-state index is 6.31. The lowest BCUT2D eigenvalue weighted by Gasteiger charge is -2.30. The third kappa shape index (κ3) is 7.49. The van der Waals surface area contributed by atoms with Crippen LogP contribution < -0.4 is 4.90 Å². The first-order chi connectivity index (χ1) is 28.7. The molecule has 0 unspecified atom stereocenters. The van der Waals surface area contributed by atoms with Crippen molar-refractivity contribution in [1.29, 1.82) is 0 Å². The molecule has 5 heterocycles. The van der Waals surface area contributed by atoms with Crippen molar-refractivity contribution in [3.05, 3.63) is 192 Å². The molecule has 0 amide bonds. The van der Waals surface area contributed by atoms with Gasteiger partial charge in [-0.15, -0.1) is 0 Å². The molecule has 6 nitrogen and oxygen atoms in total. The summed E-state index contributed by atoms with van der Waals surface area (Å²) in [6, 6.07) is 48.7. The van der Waals surface area contributed by atoms with Crippen LogP contribution in [0.1, 0.15) is 33.9 Å². The topological polar surface area (TPSA) is 68.2 Å². The molecule has 9 rings (SSSR count). The van der Waals surface area contributed by atoms with Crippen molar-refractivity contribution in [3.63, 3.8) is 0 Å². The van der Waals surface area contributed by atoms with Gasteiger partial charge in [0.25, 0.3) is 0 Å². The molecule has 5 aromatic heterocycles. The minimum Gasteiger partial charge on any atom is -0.461 e. The van der Waals surface area contributed by atoms with Crippen LogP contribution in [-0.4, -0.2) is 15.0 Å². The first-order valence-corrected chi connectivity index (χ1v) is 19.9. The molecular formula is C53H44N4O2. The number of aryl methyl sites for hydroxylation is 6. The molecule has 0 aliphatic carbocycles. The molecule has 59 heavy (non-hydrogen) atoms. The van der Waals surface area contributed by atoms with Crippen LogP contribution in [0.4, 0.5) is 17.1 Å². The van der Waals surface area contributed by atoms with E-state index in [1.165, 1.54) is 0 Å². The Hall–Kier alpha value is -7.31. The van der Waals surface area contributed by atoms with Gasteiger partial charge in [-0.25, -0.2) is 0 Å². The van der Waals surface area contributed by atoms with Crippen LogP contribution >= 0.6 is 0 Å². The first kappa shape index (κ1) is 37.3. The van der Waals surface area contributed by atoms with Gasteiger partial charge in [-0.2, -0.15) is 0 Å². The lowest BCUT2D eigenvalue weighted by molar-refractivity contribution is 0.548. The molecule has 0 bridgehead atoms. The van der Waals surface area contributed by atoms with E-state index in [0.717, 1.165) is 118 Å². The maximum Gasteiger partial charge on any atom is 0.134 e. The minimum atomic E-state index is 0.776. The smallest absolute Gasteiger partial charge is 0.134 e. The highest BCUT2D eigenvalue weighted by atomic mass is 16.3. The number of hydrogen-bond donors (Lipinski definition) is 0. The quantitative estimate of drug-likeness (QED) is 0.146. The van der Waals surface area contributed by atoms with E-state index in [1.807, 2.05) is 68.8 Å². The Morgan fingerprint density at radius 3 is 1.29 bits per heavy atom. The Morgan fingerprint density at radius 2 is 0.864 bits per heavy atom. The zero-order valence-corrected chi connectivity index (χ0v) is 34.1. The maximum atomic E-state index is 6.31. The van der Waals surface area contributed by atoms with Crippen molar-refractivity contribution < 1.29 is 8.83 Å². The van der Waals surface area contributed by atoms with Crippen molar-refractivity contribution in [2.75, 3.05) is 4.90 Å². The van der Waals surface area contributed by atoms with Crippen LogP contribution in [0.2, 0.25) is 0 Å². The largest absolute Gasteiger partial charge is 0.461 e. The number of rotatable bonds is 9. The summed E-state index contributed by atoms with van der Waals surface area (Å²) in [6.45, 7) is 12.4. The number of aromatic nitrogens is 3. The fourth-order valence-corrected chi connectivity index (χ4v) is 7.89. The summed E-state index contributed by atoms with van der Waals surface area (Å²) in [5.74, 6) is 3.24. The zero-order chi connectivity index (χ0) is 40.6. The Labute approximate surface area is 345 Å². The first-order valence-electron chi connectivity index (χ1n) is 19.9. The molecule has 0 fully saturated rings. The average Bonchev–Trinajstić information content (AvgIpc) is 3.91. The van der Waals surface area contributed by atoms with Gasteiger partial charge in [0.2, 0.25) is 0 Å². The van der Waals surface area contributed by atoms with Crippen molar-refractivity contribution in [2.24, 2.45) is 0 Å². The van der Waals surface area contributed by atoms with Crippen LogP contribution in [0.3, 0.4) is 0 Å². The standard InChI is InChI=1S/C53H44N4O2/c1-33-21-22-54-38(6)53(33)57(45-25-41(23-43(27-45)51-19-17-36(4)58-51)49-29-47(34(2)31-55-49)39-13-9-7-10-14-39)46-26-42(24-44(28-46)52-20-18-37(5)59-52)50-30-48(35(3)32-56-50)40-15-11-8-12-16-40/h7-32H,1-6H3. The number of pyridine rings is 3. The predicted octanol–water partition coefficient (Wildman–Crippen LogP) is 14.4. The molecule has 0 aliphatic rings. The number of benzene rings is 4. The number of anilines is 3. The molecule has 0 radical (unpaired) electrons. The van der Waals surface area contributed by atoms with E-state index in [0.29, 0.717) is 0 Å². The van der Waals surface area contributed by atoms with Crippen molar-refractivity contribution in [1.82, 2.24) is 15.0 Å². The third-order valence-electron chi connectivity index (χ3n) is 10.9. The Bertz CT molecular complexity index is 2760. The summed E-state index contributed by atoms with van der Waals surface area (Å²) < 4.78 is 12.6. The summed E-state index contributed by atoms with van der Waals surface area (Å²) in [7, 11) is 0. The monoisotopic (exact) mass is 768 g/mol. The van der Waals surface area contributed by atoms with Crippen LogP contribution in [0, 0.1) is 41.5 Å². The lowest BCUT2D eigenvalue weighted by Crippen LogP contribution is -2.14. The summed E-state index contributed by atoms with van der Waals surface area (Å²) in [6.07, 6.45) is 5.80. The Kier molecular flexibility index (Phi) is 9.83. The number of furan rings is 2. The lowest BCUT2D eigenvalue weighted by atomic mass is 9.96. The van der Waals surface area contributed by atoms with Gasteiger partial charge in [0.05, 0.1) is 22.8 Å². The SMILES string of the molecule is Cc1ccc(-c2cc(-c3cc(-c4ccccc4)c(C)cn3)cc(N(c3cc(-c4cc(-c5ccccc5)c(C)cn4)cc(-c4ccc(C)o4)c3)c3c(C)ccnc3C)c2)o1. The second-order valence-electron chi connectivity index (χ2n) is 15.3. The van der Waals surface area contributed by atoms with Gasteiger partial charge >= 0.3 is 0 Å². The number of nitrogens with zero attached hydrogens (tertiary/aromatic N) is 4. The molecule has 0 saturated heterocycles. The highest BCUT2D eigenvalue weighted by molar-refractivity contribution is 5.89. The van der Waals surface area contributed by atoms with Gasteiger partial charge in [-0.3, -0.25) is 15.0 Å². The molecule has 4 aromatic carbocycles. The van der Waals surface area contributed by atoms with Crippen molar-refractivity contribution in [3.8, 4) is 67.4 Å². The highest BCUT2D eigenvalue weighted by Crippen LogP contribution is 2.45. The van der Waals surface area contributed by atoms with Gasteiger partial charge < -0.3 is 13.7 Å². The molecule has 0 atom stereocenters. The van der Waals surface area contributed by atoms with Crippen LogP contribution in [-0.2, 0) is 0 Å². The second kappa shape index (κ2) is 15.6. The van der Waals surface area contributed by atoms with Gasteiger partial charge in [-0.1, -0.05) is 60.7 Å². The van der Waals surface area contributed by atoms with Gasteiger partial charge in [0.1, 0.15) is 23.0 Å². The normalized spacial score (nSPS) is 11.2.